The van der Waals surface area contributed by atoms with E-state index in [1.54, 1.807) is 0 Å². The molecule has 1 unspecified atom stereocenters. The molecule has 1 rings (SSSR count). The van der Waals surface area contributed by atoms with Gasteiger partial charge in [0.05, 0.1) is 6.61 Å². The Morgan fingerprint density at radius 3 is 2.41 bits per heavy atom. The fourth-order valence-corrected chi connectivity index (χ4v) is 2.89. The number of nitrogens with one attached hydrogen (secondary N) is 1. The minimum absolute atomic E-state index is 0.223. The van der Waals surface area contributed by atoms with Crippen LogP contribution in [0.4, 0.5) is 0 Å². The van der Waals surface area contributed by atoms with Crippen molar-refractivity contribution in [3.05, 3.63) is 34.9 Å². The lowest BCUT2D eigenvalue weighted by molar-refractivity contribution is 0.246. The summed E-state index contributed by atoms with van der Waals surface area (Å²) in [4.78, 5) is 0. The van der Waals surface area contributed by atoms with Crippen molar-refractivity contribution in [3.8, 4) is 0 Å². The van der Waals surface area contributed by atoms with E-state index in [2.05, 4.69) is 37.4 Å². The van der Waals surface area contributed by atoms with E-state index in [0.717, 1.165) is 17.9 Å². The Morgan fingerprint density at radius 2 is 1.88 bits per heavy atom. The highest BCUT2D eigenvalue weighted by Gasteiger charge is 2.03. The Labute approximate surface area is 109 Å². The Balaban J connectivity index is 2.31. The van der Waals surface area contributed by atoms with Crippen LogP contribution >= 0.6 is 11.8 Å². The fraction of sp³-hybridized carbons (Fsp3) is 0.571. The van der Waals surface area contributed by atoms with E-state index in [0.29, 0.717) is 0 Å². The molecule has 0 heterocycles. The van der Waals surface area contributed by atoms with Gasteiger partial charge in [0.2, 0.25) is 0 Å². The lowest BCUT2D eigenvalue weighted by atomic mass is 10.1. The first kappa shape index (κ1) is 14.6. The summed E-state index contributed by atoms with van der Waals surface area (Å²) in [5.74, 6) is 2.14. The zero-order valence-electron chi connectivity index (χ0n) is 11.0. The average molecular weight is 253 g/mol. The van der Waals surface area contributed by atoms with E-state index < -0.39 is 0 Å². The van der Waals surface area contributed by atoms with Gasteiger partial charge in [0.15, 0.2) is 0 Å². The summed E-state index contributed by atoms with van der Waals surface area (Å²) in [6, 6.07) is 6.95. The zero-order chi connectivity index (χ0) is 12.7. The van der Waals surface area contributed by atoms with Gasteiger partial charge in [0.1, 0.15) is 0 Å². The molecule has 17 heavy (non-hydrogen) atoms. The molecule has 0 aromatic heterocycles. The van der Waals surface area contributed by atoms with E-state index in [-0.39, 0.29) is 12.6 Å². The Bertz CT molecular complexity index is 317. The normalized spacial score (nSPS) is 12.7. The molecule has 2 nitrogen and oxygen atoms in total. The molecule has 96 valence electrons. The maximum atomic E-state index is 9.04. The summed E-state index contributed by atoms with van der Waals surface area (Å²) in [5, 5.41) is 12.1. The second-order valence-electron chi connectivity index (χ2n) is 4.51. The van der Waals surface area contributed by atoms with Crippen LogP contribution in [0, 0.1) is 13.8 Å². The van der Waals surface area contributed by atoms with Gasteiger partial charge in [-0.15, -0.1) is 0 Å². The molecule has 0 spiro atoms. The molecule has 1 aromatic carbocycles. The van der Waals surface area contributed by atoms with Crippen molar-refractivity contribution >= 4 is 11.8 Å². The van der Waals surface area contributed by atoms with Gasteiger partial charge in [-0.25, -0.2) is 0 Å². The van der Waals surface area contributed by atoms with E-state index in [1.807, 2.05) is 18.8 Å². The second-order valence-corrected chi connectivity index (χ2v) is 5.61. The third-order valence-corrected chi connectivity index (χ3v) is 3.85. The van der Waals surface area contributed by atoms with E-state index in [9.17, 15) is 0 Å². The molecule has 0 aliphatic rings. The van der Waals surface area contributed by atoms with Gasteiger partial charge in [0.25, 0.3) is 0 Å². The summed E-state index contributed by atoms with van der Waals surface area (Å²) >= 11 is 1.93. The molecule has 3 heteroatoms. The minimum atomic E-state index is 0.223. The van der Waals surface area contributed by atoms with Gasteiger partial charge in [-0.3, -0.25) is 0 Å². The Kier molecular flexibility index (Phi) is 6.63. The number of hydrogen-bond acceptors (Lipinski definition) is 3. The van der Waals surface area contributed by atoms with Crippen molar-refractivity contribution in [1.82, 2.24) is 5.32 Å². The maximum Gasteiger partial charge on any atom is 0.0584 e. The largest absolute Gasteiger partial charge is 0.395 e. The van der Waals surface area contributed by atoms with Crippen LogP contribution in [0.5, 0.6) is 0 Å². The van der Waals surface area contributed by atoms with Crippen molar-refractivity contribution in [2.24, 2.45) is 0 Å². The van der Waals surface area contributed by atoms with Crippen LogP contribution in [-0.2, 0) is 5.75 Å². The second kappa shape index (κ2) is 7.75. The van der Waals surface area contributed by atoms with E-state index >= 15 is 0 Å². The molecule has 2 N–H and O–H groups in total. The molecule has 0 aliphatic heterocycles. The van der Waals surface area contributed by atoms with Crippen molar-refractivity contribution in [2.45, 2.75) is 32.1 Å². The van der Waals surface area contributed by atoms with Crippen LogP contribution in [0.15, 0.2) is 18.2 Å². The Morgan fingerprint density at radius 1 is 1.24 bits per heavy atom. The van der Waals surface area contributed by atoms with Gasteiger partial charge in [0, 0.05) is 11.8 Å². The number of aliphatic hydroxyl groups is 1. The number of rotatable bonds is 7. The third-order valence-electron chi connectivity index (χ3n) is 2.79. The van der Waals surface area contributed by atoms with Gasteiger partial charge in [-0.1, -0.05) is 29.3 Å². The Hall–Kier alpha value is -0.510. The highest BCUT2D eigenvalue weighted by molar-refractivity contribution is 7.98. The van der Waals surface area contributed by atoms with Crippen molar-refractivity contribution in [3.63, 3.8) is 0 Å². The molecular weight excluding hydrogens is 230 g/mol. The SMILES string of the molecule is CNC(CO)CCSCc1cc(C)cc(C)c1. The predicted molar refractivity (Wildman–Crippen MR) is 76.6 cm³/mol. The number of thioether (sulfide) groups is 1. The lowest BCUT2D eigenvalue weighted by Gasteiger charge is -2.12. The first-order valence-electron chi connectivity index (χ1n) is 6.08. The van der Waals surface area contributed by atoms with Gasteiger partial charge in [-0.05, 0) is 38.6 Å². The quantitative estimate of drug-likeness (QED) is 0.732. The molecule has 0 aliphatic carbocycles. The molecule has 0 radical (unpaired) electrons. The van der Waals surface area contributed by atoms with Crippen LogP contribution in [0.25, 0.3) is 0 Å². The summed E-state index contributed by atoms with van der Waals surface area (Å²) in [5.41, 5.74) is 4.07. The van der Waals surface area contributed by atoms with Crippen LogP contribution in [0.1, 0.15) is 23.1 Å². The van der Waals surface area contributed by atoms with Gasteiger partial charge < -0.3 is 10.4 Å². The van der Waals surface area contributed by atoms with Crippen LogP contribution in [-0.4, -0.2) is 30.6 Å². The zero-order valence-corrected chi connectivity index (χ0v) is 11.8. The van der Waals surface area contributed by atoms with Crippen molar-refractivity contribution < 1.29 is 5.11 Å². The average Bonchev–Trinajstić information content (AvgIpc) is 2.28. The standard InChI is InChI=1S/C14H23NOS/c1-11-6-12(2)8-13(7-11)10-17-5-4-14(9-16)15-3/h6-8,14-16H,4-5,9-10H2,1-3H3. The van der Waals surface area contributed by atoms with Crippen molar-refractivity contribution in [2.75, 3.05) is 19.4 Å². The summed E-state index contributed by atoms with van der Waals surface area (Å²) < 4.78 is 0. The van der Waals surface area contributed by atoms with Gasteiger partial charge >= 0.3 is 0 Å². The number of hydrogen-bond donors (Lipinski definition) is 2. The smallest absolute Gasteiger partial charge is 0.0584 e. The fourth-order valence-electron chi connectivity index (χ4n) is 1.89. The third kappa shape index (κ3) is 5.57. The van der Waals surface area contributed by atoms with Crippen LogP contribution in [0.2, 0.25) is 0 Å². The lowest BCUT2D eigenvalue weighted by Crippen LogP contribution is -2.29. The van der Waals surface area contributed by atoms with Crippen LogP contribution in [0.3, 0.4) is 0 Å². The summed E-state index contributed by atoms with van der Waals surface area (Å²) in [7, 11) is 1.90. The highest BCUT2D eigenvalue weighted by atomic mass is 32.2. The molecule has 0 amide bonds. The van der Waals surface area contributed by atoms with E-state index in [4.69, 9.17) is 5.11 Å². The number of likely N-dealkylation sites (N-methyl/N-ethyl adjacent to an activating group) is 1. The molecule has 0 fully saturated rings. The number of benzene rings is 1. The number of aliphatic hydroxyl groups excluding tert-OH is 1. The highest BCUT2D eigenvalue weighted by Crippen LogP contribution is 2.16. The number of aryl methyl sites for hydroxylation is 2. The monoisotopic (exact) mass is 253 g/mol. The molecular formula is C14H23NOS. The molecule has 1 aromatic rings. The van der Waals surface area contributed by atoms with Gasteiger partial charge in [-0.2, -0.15) is 11.8 Å². The summed E-state index contributed by atoms with van der Waals surface area (Å²) in [6.45, 7) is 4.51. The first-order chi connectivity index (χ1) is 8.15. The topological polar surface area (TPSA) is 32.3 Å². The molecule has 0 saturated heterocycles. The summed E-state index contributed by atoms with van der Waals surface area (Å²) in [6.07, 6.45) is 1.02. The van der Waals surface area contributed by atoms with Crippen molar-refractivity contribution in [1.29, 1.82) is 0 Å². The van der Waals surface area contributed by atoms with E-state index in [1.165, 1.54) is 16.7 Å². The van der Waals surface area contributed by atoms with Crippen LogP contribution < -0.4 is 5.32 Å². The maximum absolute atomic E-state index is 9.04. The molecule has 0 bridgehead atoms. The molecule has 0 saturated carbocycles. The predicted octanol–water partition coefficient (Wildman–Crippen LogP) is 2.51. The first-order valence-corrected chi connectivity index (χ1v) is 7.24. The minimum Gasteiger partial charge on any atom is -0.395 e. The molecule has 1 atom stereocenters.